The number of benzene rings is 2. The number of carbonyl (C=O) groups excluding carboxylic acids is 2. The van der Waals surface area contributed by atoms with Crippen molar-refractivity contribution in [3.8, 4) is 0 Å². The molecular weight excluding hydrogens is 514 g/mol. The number of carbonyl (C=O) groups is 2. The monoisotopic (exact) mass is 542 g/mol. The summed E-state index contributed by atoms with van der Waals surface area (Å²) in [5.74, 6) is -0.528. The molecule has 1 aliphatic rings. The topological polar surface area (TPSA) is 113 Å². The maximum atomic E-state index is 13.8. The first-order valence-electron chi connectivity index (χ1n) is 12.2. The molecular formula is C27H29ClF2N6O2. The molecule has 38 heavy (non-hydrogen) atoms. The third-order valence-electron chi connectivity index (χ3n) is 6.69. The molecule has 0 saturated heterocycles. The van der Waals surface area contributed by atoms with Crippen LogP contribution in [0.25, 0.3) is 0 Å². The van der Waals surface area contributed by atoms with Gasteiger partial charge in [0.05, 0.1) is 17.4 Å². The molecule has 0 spiro atoms. The second-order valence-corrected chi connectivity index (χ2v) is 10.1. The van der Waals surface area contributed by atoms with Crippen molar-refractivity contribution in [3.63, 3.8) is 0 Å². The molecule has 3 aromatic rings. The fourth-order valence-corrected chi connectivity index (χ4v) is 4.77. The van der Waals surface area contributed by atoms with E-state index in [1.165, 1.54) is 18.3 Å². The first-order valence-corrected chi connectivity index (χ1v) is 12.5. The first kappa shape index (κ1) is 27.3. The van der Waals surface area contributed by atoms with Gasteiger partial charge in [-0.3, -0.25) is 9.59 Å². The number of nitrogens with two attached hydrogens (primary N) is 1. The second kappa shape index (κ2) is 10.9. The summed E-state index contributed by atoms with van der Waals surface area (Å²) < 4.78 is 27.0. The number of halogens is 3. The largest absolute Gasteiger partial charge is 0.366 e. The van der Waals surface area contributed by atoms with Crippen LogP contribution < -0.4 is 21.3 Å². The van der Waals surface area contributed by atoms with Gasteiger partial charge in [-0.15, -0.1) is 0 Å². The molecule has 2 aromatic carbocycles. The molecule has 200 valence electrons. The van der Waals surface area contributed by atoms with E-state index in [-0.39, 0.29) is 50.5 Å². The molecule has 0 atom stereocenters. The Balaban J connectivity index is 1.69. The van der Waals surface area contributed by atoms with Gasteiger partial charge in [-0.1, -0.05) is 31.5 Å². The zero-order valence-corrected chi connectivity index (χ0v) is 22.1. The average Bonchev–Trinajstić information content (AvgIpc) is 2.98. The van der Waals surface area contributed by atoms with Crippen LogP contribution in [0, 0.1) is 0 Å². The van der Waals surface area contributed by atoms with Crippen molar-refractivity contribution in [1.82, 2.24) is 9.97 Å². The quantitative estimate of drug-likeness (QED) is 0.318. The highest BCUT2D eigenvalue weighted by molar-refractivity contribution is 6.33. The molecule has 11 heteroatoms. The van der Waals surface area contributed by atoms with Gasteiger partial charge in [-0.25, -0.2) is 13.8 Å². The van der Waals surface area contributed by atoms with Crippen molar-refractivity contribution < 1.29 is 18.4 Å². The molecule has 0 saturated carbocycles. The lowest BCUT2D eigenvalue weighted by molar-refractivity contribution is -0.118. The number of amides is 2. The first-order chi connectivity index (χ1) is 18.1. The fraction of sp³-hybridized carbons (Fsp3) is 0.333. The Labute approximate surface area is 224 Å². The van der Waals surface area contributed by atoms with Crippen LogP contribution in [0.2, 0.25) is 5.02 Å². The van der Waals surface area contributed by atoms with E-state index < -0.39 is 19.3 Å². The van der Waals surface area contributed by atoms with Gasteiger partial charge in [-0.05, 0) is 54.2 Å². The smallest absolute Gasteiger partial charge is 0.250 e. The van der Waals surface area contributed by atoms with E-state index in [0.29, 0.717) is 18.7 Å². The minimum absolute atomic E-state index is 0.0378. The number of hydrogen-bond acceptors (Lipinski definition) is 6. The van der Waals surface area contributed by atoms with E-state index in [4.69, 9.17) is 17.3 Å². The standard InChI is InChI=1S/C27H29ClF2N6O2/c1-4-36-21-11-17(5-6-19(21)27(2,3)8-7-22(36)37)33-26-32-14-20(28)25(35-26)34-23-16(13-30)9-15(12-29)10-18(23)24(31)38/h5-6,9-11,14H,4,7-8,12-13H2,1-3H3,(H2,31,38)(H2,32,33,34,35). The molecule has 2 amide bonds. The number of nitrogens with one attached hydrogen (secondary N) is 2. The third kappa shape index (κ3) is 5.40. The highest BCUT2D eigenvalue weighted by Crippen LogP contribution is 2.41. The van der Waals surface area contributed by atoms with E-state index in [2.05, 4.69) is 34.4 Å². The van der Waals surface area contributed by atoms with Gasteiger partial charge in [0.2, 0.25) is 11.9 Å². The van der Waals surface area contributed by atoms with Crippen molar-refractivity contribution in [2.75, 3.05) is 22.1 Å². The summed E-state index contributed by atoms with van der Waals surface area (Å²) in [5.41, 5.74) is 7.97. The number of anilines is 5. The summed E-state index contributed by atoms with van der Waals surface area (Å²) in [6, 6.07) is 8.33. The molecule has 1 aromatic heterocycles. The summed E-state index contributed by atoms with van der Waals surface area (Å²) >= 11 is 6.30. The number of fused-ring (bicyclic) bond motifs is 1. The van der Waals surface area contributed by atoms with Crippen molar-refractivity contribution in [2.45, 2.75) is 52.4 Å². The third-order valence-corrected chi connectivity index (χ3v) is 6.96. The van der Waals surface area contributed by atoms with E-state index in [1.807, 2.05) is 25.1 Å². The molecule has 1 aliphatic heterocycles. The van der Waals surface area contributed by atoms with Crippen LogP contribution in [0.1, 0.15) is 60.7 Å². The normalized spacial score (nSPS) is 14.6. The van der Waals surface area contributed by atoms with Crippen molar-refractivity contribution in [1.29, 1.82) is 0 Å². The summed E-state index contributed by atoms with van der Waals surface area (Å²) in [5, 5.41) is 6.10. The van der Waals surface area contributed by atoms with Gasteiger partial charge in [0.1, 0.15) is 18.4 Å². The van der Waals surface area contributed by atoms with Gasteiger partial charge < -0.3 is 21.3 Å². The number of hydrogen-bond donors (Lipinski definition) is 3. The van der Waals surface area contributed by atoms with E-state index in [9.17, 15) is 18.4 Å². The van der Waals surface area contributed by atoms with Crippen molar-refractivity contribution in [3.05, 3.63) is 63.8 Å². The summed E-state index contributed by atoms with van der Waals surface area (Å²) in [6.07, 6.45) is 2.56. The van der Waals surface area contributed by atoms with Crippen LogP contribution in [0.5, 0.6) is 0 Å². The minimum atomic E-state index is -0.970. The van der Waals surface area contributed by atoms with E-state index in [1.54, 1.807) is 4.90 Å². The minimum Gasteiger partial charge on any atom is -0.366 e. The van der Waals surface area contributed by atoms with Crippen LogP contribution in [0.4, 0.5) is 37.6 Å². The SMILES string of the molecule is CCN1C(=O)CCC(C)(C)c2ccc(Nc3ncc(Cl)c(Nc4c(CF)cc(CF)cc4C(N)=O)n3)cc21. The Morgan fingerprint density at radius 2 is 1.95 bits per heavy atom. The van der Waals surface area contributed by atoms with Gasteiger partial charge in [0, 0.05) is 29.9 Å². The van der Waals surface area contributed by atoms with Crippen LogP contribution in [0.15, 0.2) is 36.5 Å². The predicted octanol–water partition coefficient (Wildman–Crippen LogP) is 6.08. The lowest BCUT2D eigenvalue weighted by Crippen LogP contribution is -2.29. The molecule has 4 rings (SSSR count). The Kier molecular flexibility index (Phi) is 7.82. The van der Waals surface area contributed by atoms with Gasteiger partial charge in [-0.2, -0.15) is 4.98 Å². The molecule has 2 heterocycles. The molecule has 0 bridgehead atoms. The van der Waals surface area contributed by atoms with Crippen LogP contribution in [-0.4, -0.2) is 28.3 Å². The molecule has 0 aliphatic carbocycles. The lowest BCUT2D eigenvalue weighted by Gasteiger charge is -2.27. The Bertz CT molecular complexity index is 1400. The Morgan fingerprint density at radius 3 is 2.61 bits per heavy atom. The fourth-order valence-electron chi connectivity index (χ4n) is 4.63. The van der Waals surface area contributed by atoms with Crippen molar-refractivity contribution in [2.24, 2.45) is 5.73 Å². The van der Waals surface area contributed by atoms with Gasteiger partial charge in [0.25, 0.3) is 5.91 Å². The molecule has 0 unspecified atom stereocenters. The number of nitrogens with zero attached hydrogens (tertiary/aromatic N) is 3. The number of alkyl halides is 2. The van der Waals surface area contributed by atoms with Crippen LogP contribution in [-0.2, 0) is 23.6 Å². The van der Waals surface area contributed by atoms with E-state index >= 15 is 0 Å². The Morgan fingerprint density at radius 1 is 1.18 bits per heavy atom. The number of aromatic nitrogens is 2. The second-order valence-electron chi connectivity index (χ2n) is 9.70. The van der Waals surface area contributed by atoms with E-state index in [0.717, 1.165) is 17.7 Å². The zero-order valence-electron chi connectivity index (χ0n) is 21.4. The molecule has 8 nitrogen and oxygen atoms in total. The summed E-state index contributed by atoms with van der Waals surface area (Å²) in [6.45, 7) is 4.87. The highest BCUT2D eigenvalue weighted by Gasteiger charge is 2.32. The van der Waals surface area contributed by atoms with Crippen LogP contribution in [0.3, 0.4) is 0 Å². The summed E-state index contributed by atoms with van der Waals surface area (Å²) in [4.78, 5) is 35.2. The van der Waals surface area contributed by atoms with Gasteiger partial charge >= 0.3 is 0 Å². The average molecular weight is 543 g/mol. The zero-order chi connectivity index (χ0) is 27.6. The molecule has 0 fully saturated rings. The number of primary amides is 1. The summed E-state index contributed by atoms with van der Waals surface area (Å²) in [7, 11) is 0. The molecule has 0 radical (unpaired) electrons. The van der Waals surface area contributed by atoms with Gasteiger partial charge in [0.15, 0.2) is 5.82 Å². The molecule has 4 N–H and O–H groups in total. The maximum Gasteiger partial charge on any atom is 0.250 e. The predicted molar refractivity (Wildman–Crippen MR) is 145 cm³/mol. The van der Waals surface area contributed by atoms with Crippen molar-refractivity contribution >= 4 is 52.2 Å². The Hall–Kier alpha value is -3.79. The number of rotatable bonds is 8. The highest BCUT2D eigenvalue weighted by atomic mass is 35.5. The lowest BCUT2D eigenvalue weighted by atomic mass is 9.80. The van der Waals surface area contributed by atoms with Crippen LogP contribution >= 0.6 is 11.6 Å². The maximum absolute atomic E-state index is 13.8.